The summed E-state index contributed by atoms with van der Waals surface area (Å²) >= 11 is 12.2. The van der Waals surface area contributed by atoms with E-state index in [0.717, 1.165) is 16.6 Å². The standard InChI is InChI=1S/C21H13Cl2FN4/c22-14-9-10-19-15(11-14)20(13-5-2-1-3-6-13)27-21(26-19)28-25-12-16-17(23)7-4-8-18(16)24/h1-12H,(H,26,27,28)/b25-12+. The second-order valence-electron chi connectivity index (χ2n) is 5.93. The Hall–Kier alpha value is -3.02. The van der Waals surface area contributed by atoms with Crippen LogP contribution in [0.15, 0.2) is 71.8 Å². The Kier molecular flexibility index (Phi) is 5.19. The number of hydrazone groups is 1. The van der Waals surface area contributed by atoms with Crippen molar-refractivity contribution in [3.8, 4) is 11.3 Å². The Morgan fingerprint density at radius 1 is 0.929 bits per heavy atom. The van der Waals surface area contributed by atoms with Gasteiger partial charge in [-0.1, -0.05) is 59.6 Å². The Balaban J connectivity index is 1.74. The van der Waals surface area contributed by atoms with Gasteiger partial charge in [-0.25, -0.2) is 19.8 Å². The van der Waals surface area contributed by atoms with Crippen LogP contribution in [0.1, 0.15) is 5.56 Å². The van der Waals surface area contributed by atoms with Crippen molar-refractivity contribution in [2.24, 2.45) is 5.10 Å². The molecule has 28 heavy (non-hydrogen) atoms. The Morgan fingerprint density at radius 3 is 2.54 bits per heavy atom. The van der Waals surface area contributed by atoms with Gasteiger partial charge >= 0.3 is 0 Å². The molecule has 4 rings (SSSR count). The first kappa shape index (κ1) is 18.3. The molecule has 138 valence electrons. The van der Waals surface area contributed by atoms with E-state index in [1.807, 2.05) is 42.5 Å². The highest BCUT2D eigenvalue weighted by atomic mass is 35.5. The molecule has 0 saturated carbocycles. The molecular formula is C21H13Cl2FN4. The summed E-state index contributed by atoms with van der Waals surface area (Å²) in [5.74, 6) is -0.186. The summed E-state index contributed by atoms with van der Waals surface area (Å²) < 4.78 is 13.9. The molecule has 1 aromatic heterocycles. The quantitative estimate of drug-likeness (QED) is 0.322. The predicted octanol–water partition coefficient (Wildman–Crippen LogP) is 6.19. The number of hydrogen-bond donors (Lipinski definition) is 1. The molecule has 0 radical (unpaired) electrons. The van der Waals surface area contributed by atoms with E-state index in [2.05, 4.69) is 20.5 Å². The van der Waals surface area contributed by atoms with E-state index in [-0.39, 0.29) is 16.5 Å². The first-order valence-corrected chi connectivity index (χ1v) is 9.13. The van der Waals surface area contributed by atoms with Crippen molar-refractivity contribution in [3.63, 3.8) is 0 Å². The zero-order valence-electron chi connectivity index (χ0n) is 14.4. The average molecular weight is 411 g/mol. The molecule has 3 aromatic carbocycles. The van der Waals surface area contributed by atoms with E-state index < -0.39 is 5.82 Å². The monoisotopic (exact) mass is 410 g/mol. The van der Waals surface area contributed by atoms with Crippen LogP contribution < -0.4 is 5.43 Å². The minimum Gasteiger partial charge on any atom is -0.245 e. The Labute approximate surface area is 170 Å². The lowest BCUT2D eigenvalue weighted by Gasteiger charge is -2.09. The highest BCUT2D eigenvalue weighted by Crippen LogP contribution is 2.29. The maximum absolute atomic E-state index is 13.9. The van der Waals surface area contributed by atoms with Gasteiger partial charge in [-0.2, -0.15) is 5.10 Å². The first-order chi connectivity index (χ1) is 13.6. The maximum Gasteiger partial charge on any atom is 0.244 e. The molecule has 0 aliphatic heterocycles. The number of benzene rings is 3. The minimum atomic E-state index is -0.461. The molecule has 0 unspecified atom stereocenters. The second-order valence-corrected chi connectivity index (χ2v) is 6.77. The van der Waals surface area contributed by atoms with E-state index in [1.54, 1.807) is 12.1 Å². The molecule has 0 bridgehead atoms. The lowest BCUT2D eigenvalue weighted by Crippen LogP contribution is -2.00. The lowest BCUT2D eigenvalue weighted by atomic mass is 10.1. The van der Waals surface area contributed by atoms with Crippen LogP contribution >= 0.6 is 23.2 Å². The van der Waals surface area contributed by atoms with E-state index in [0.29, 0.717) is 10.5 Å². The van der Waals surface area contributed by atoms with Crippen LogP contribution in [0.2, 0.25) is 10.0 Å². The smallest absolute Gasteiger partial charge is 0.244 e. The number of halogens is 3. The van der Waals surface area contributed by atoms with Gasteiger partial charge < -0.3 is 0 Å². The van der Waals surface area contributed by atoms with Crippen molar-refractivity contribution in [2.75, 3.05) is 5.43 Å². The number of aromatic nitrogens is 2. The van der Waals surface area contributed by atoms with Crippen molar-refractivity contribution in [1.82, 2.24) is 9.97 Å². The third-order valence-corrected chi connectivity index (χ3v) is 4.63. The molecule has 0 aliphatic carbocycles. The maximum atomic E-state index is 13.9. The zero-order chi connectivity index (χ0) is 19.5. The van der Waals surface area contributed by atoms with Crippen LogP contribution in [0.5, 0.6) is 0 Å². The van der Waals surface area contributed by atoms with Gasteiger partial charge in [0.1, 0.15) is 5.82 Å². The molecule has 7 heteroatoms. The summed E-state index contributed by atoms with van der Waals surface area (Å²) in [6.45, 7) is 0. The summed E-state index contributed by atoms with van der Waals surface area (Å²) in [6.07, 6.45) is 1.30. The summed E-state index contributed by atoms with van der Waals surface area (Å²) in [7, 11) is 0. The molecule has 1 heterocycles. The fourth-order valence-electron chi connectivity index (χ4n) is 2.76. The van der Waals surface area contributed by atoms with Crippen LogP contribution in [0.3, 0.4) is 0 Å². The fraction of sp³-hybridized carbons (Fsp3) is 0. The number of hydrogen-bond acceptors (Lipinski definition) is 4. The van der Waals surface area contributed by atoms with Crippen molar-refractivity contribution >= 4 is 46.3 Å². The van der Waals surface area contributed by atoms with E-state index in [4.69, 9.17) is 23.2 Å². The van der Waals surface area contributed by atoms with Crippen molar-refractivity contribution in [3.05, 3.63) is 88.2 Å². The number of nitrogens with zero attached hydrogens (tertiary/aromatic N) is 3. The highest BCUT2D eigenvalue weighted by Gasteiger charge is 2.10. The van der Waals surface area contributed by atoms with Crippen LogP contribution in [0.4, 0.5) is 10.3 Å². The SMILES string of the molecule is Fc1cccc(Cl)c1/C=N/Nc1nc(-c2ccccc2)c2cc(Cl)ccc2n1. The number of fused-ring (bicyclic) bond motifs is 1. The number of nitrogens with one attached hydrogen (secondary N) is 1. The van der Waals surface area contributed by atoms with Crippen LogP contribution in [-0.4, -0.2) is 16.2 Å². The van der Waals surface area contributed by atoms with Gasteiger partial charge in [-0.15, -0.1) is 0 Å². The predicted molar refractivity (Wildman–Crippen MR) is 113 cm³/mol. The minimum absolute atomic E-state index is 0.188. The Morgan fingerprint density at radius 2 is 1.75 bits per heavy atom. The van der Waals surface area contributed by atoms with Crippen LogP contribution in [0.25, 0.3) is 22.2 Å². The molecule has 4 aromatic rings. The largest absolute Gasteiger partial charge is 0.245 e. The van der Waals surface area contributed by atoms with Gasteiger partial charge in [0.2, 0.25) is 5.95 Å². The molecular weight excluding hydrogens is 398 g/mol. The molecule has 0 saturated heterocycles. The summed E-state index contributed by atoms with van der Waals surface area (Å²) in [4.78, 5) is 9.02. The summed E-state index contributed by atoms with van der Waals surface area (Å²) in [6, 6.07) is 19.5. The van der Waals surface area contributed by atoms with Gasteiger partial charge in [-0.05, 0) is 30.3 Å². The number of anilines is 1. The Bertz CT molecular complexity index is 1160. The zero-order valence-corrected chi connectivity index (χ0v) is 15.9. The van der Waals surface area contributed by atoms with Gasteiger partial charge in [0.05, 0.1) is 22.4 Å². The van der Waals surface area contributed by atoms with Gasteiger partial charge in [0.15, 0.2) is 0 Å². The topological polar surface area (TPSA) is 50.2 Å². The van der Waals surface area contributed by atoms with Crippen LogP contribution in [-0.2, 0) is 0 Å². The molecule has 1 N–H and O–H groups in total. The van der Waals surface area contributed by atoms with E-state index >= 15 is 0 Å². The summed E-state index contributed by atoms with van der Waals surface area (Å²) in [5, 5.41) is 5.73. The van der Waals surface area contributed by atoms with Crippen LogP contribution in [0, 0.1) is 5.82 Å². The lowest BCUT2D eigenvalue weighted by molar-refractivity contribution is 0.626. The third kappa shape index (κ3) is 3.81. The molecule has 0 spiro atoms. The van der Waals surface area contributed by atoms with E-state index in [9.17, 15) is 4.39 Å². The molecule has 0 amide bonds. The van der Waals surface area contributed by atoms with Gasteiger partial charge in [0, 0.05) is 21.5 Å². The highest BCUT2D eigenvalue weighted by molar-refractivity contribution is 6.33. The normalized spacial score (nSPS) is 11.2. The molecule has 4 nitrogen and oxygen atoms in total. The summed E-state index contributed by atoms with van der Waals surface area (Å²) in [5.41, 5.74) is 5.28. The molecule has 0 atom stereocenters. The second kappa shape index (κ2) is 7.92. The first-order valence-electron chi connectivity index (χ1n) is 8.37. The molecule has 0 fully saturated rings. The van der Waals surface area contributed by atoms with E-state index in [1.165, 1.54) is 18.3 Å². The third-order valence-electron chi connectivity index (χ3n) is 4.06. The average Bonchev–Trinajstić information content (AvgIpc) is 2.70. The van der Waals surface area contributed by atoms with Gasteiger partial charge in [-0.3, -0.25) is 0 Å². The van der Waals surface area contributed by atoms with Crippen molar-refractivity contribution < 1.29 is 4.39 Å². The fourth-order valence-corrected chi connectivity index (χ4v) is 3.14. The van der Waals surface area contributed by atoms with Gasteiger partial charge in [0.25, 0.3) is 0 Å². The number of rotatable bonds is 4. The molecule has 0 aliphatic rings. The van der Waals surface area contributed by atoms with Crippen molar-refractivity contribution in [2.45, 2.75) is 0 Å². The van der Waals surface area contributed by atoms with Crippen molar-refractivity contribution in [1.29, 1.82) is 0 Å².